The zero-order valence-electron chi connectivity index (χ0n) is 19.2. The summed E-state index contributed by atoms with van der Waals surface area (Å²) >= 11 is 0. The number of rotatable bonds is 5. The molecule has 0 saturated carbocycles. The van der Waals surface area contributed by atoms with Crippen LogP contribution in [0.3, 0.4) is 0 Å². The number of benzene rings is 1. The largest absolute Gasteiger partial charge is 0.486 e. The quantitative estimate of drug-likeness (QED) is 0.640. The third kappa shape index (κ3) is 5.26. The van der Waals surface area contributed by atoms with Gasteiger partial charge in [0.15, 0.2) is 11.5 Å². The number of amides is 2. The van der Waals surface area contributed by atoms with Crippen molar-refractivity contribution in [2.45, 2.75) is 18.9 Å². The number of carbonyl (C=O) groups is 2. The minimum absolute atomic E-state index is 0.164. The molecule has 3 fully saturated rings. The van der Waals surface area contributed by atoms with Crippen molar-refractivity contribution in [3.63, 3.8) is 0 Å². The van der Waals surface area contributed by atoms with E-state index in [0.29, 0.717) is 65.7 Å². The molecule has 0 unspecified atom stereocenters. The summed E-state index contributed by atoms with van der Waals surface area (Å²) in [6.45, 7) is 8.41. The van der Waals surface area contributed by atoms with Crippen molar-refractivity contribution < 1.29 is 23.8 Å². The first-order chi connectivity index (χ1) is 16.2. The van der Waals surface area contributed by atoms with E-state index in [1.54, 1.807) is 0 Å². The number of hydrogen-bond donors (Lipinski definition) is 0. The van der Waals surface area contributed by atoms with Gasteiger partial charge in [-0.3, -0.25) is 19.4 Å². The van der Waals surface area contributed by atoms with Gasteiger partial charge in [0.1, 0.15) is 13.2 Å². The van der Waals surface area contributed by atoms with Crippen LogP contribution in [0.1, 0.15) is 24.4 Å². The fourth-order valence-corrected chi connectivity index (χ4v) is 5.19. The molecule has 1 aromatic rings. The second-order valence-corrected chi connectivity index (χ2v) is 9.18. The zero-order chi connectivity index (χ0) is 22.6. The molecule has 3 saturated heterocycles. The molecule has 0 aliphatic carbocycles. The van der Waals surface area contributed by atoms with Crippen molar-refractivity contribution in [3.8, 4) is 11.5 Å². The Labute approximate surface area is 195 Å². The van der Waals surface area contributed by atoms with Gasteiger partial charge in [0.25, 0.3) is 0 Å². The Morgan fingerprint density at radius 2 is 1.48 bits per heavy atom. The first-order valence-electron chi connectivity index (χ1n) is 12.2. The summed E-state index contributed by atoms with van der Waals surface area (Å²) in [7, 11) is 0. The maximum absolute atomic E-state index is 13.1. The number of hydrogen-bond acceptors (Lipinski definition) is 7. The van der Waals surface area contributed by atoms with E-state index in [2.05, 4.69) is 21.9 Å². The molecule has 5 rings (SSSR count). The molecule has 9 heteroatoms. The maximum atomic E-state index is 13.1. The number of nitrogens with zero attached hydrogens (tertiary/aromatic N) is 4. The highest BCUT2D eigenvalue weighted by Gasteiger charge is 2.31. The minimum Gasteiger partial charge on any atom is -0.486 e. The summed E-state index contributed by atoms with van der Waals surface area (Å²) in [6, 6.07) is 6.40. The van der Waals surface area contributed by atoms with Gasteiger partial charge >= 0.3 is 0 Å². The van der Waals surface area contributed by atoms with Crippen molar-refractivity contribution in [2.75, 3.05) is 85.3 Å². The fourth-order valence-electron chi connectivity index (χ4n) is 5.19. The van der Waals surface area contributed by atoms with Gasteiger partial charge in [0, 0.05) is 45.3 Å². The average molecular weight is 459 g/mol. The highest BCUT2D eigenvalue weighted by molar-refractivity contribution is 5.79. The molecule has 0 aromatic heterocycles. The molecule has 4 heterocycles. The molecule has 4 aliphatic heterocycles. The molecule has 1 aromatic carbocycles. The summed E-state index contributed by atoms with van der Waals surface area (Å²) in [4.78, 5) is 33.9. The highest BCUT2D eigenvalue weighted by atomic mass is 16.6. The third-order valence-corrected chi connectivity index (χ3v) is 7.10. The fraction of sp³-hybridized carbons (Fsp3) is 0.667. The number of morpholine rings is 1. The van der Waals surface area contributed by atoms with E-state index >= 15 is 0 Å². The molecule has 4 aliphatic rings. The van der Waals surface area contributed by atoms with Crippen LogP contribution in [0.4, 0.5) is 0 Å². The van der Waals surface area contributed by atoms with Crippen LogP contribution < -0.4 is 9.47 Å². The van der Waals surface area contributed by atoms with Crippen LogP contribution in [0.15, 0.2) is 18.2 Å². The molecular formula is C24H34N4O5. The van der Waals surface area contributed by atoms with Crippen LogP contribution in [0.25, 0.3) is 0 Å². The Morgan fingerprint density at radius 3 is 2.27 bits per heavy atom. The van der Waals surface area contributed by atoms with Crippen LogP contribution in [-0.4, -0.2) is 117 Å². The Balaban J connectivity index is 1.11. The summed E-state index contributed by atoms with van der Waals surface area (Å²) in [5.74, 6) is 1.95. The van der Waals surface area contributed by atoms with Crippen LogP contribution in [0, 0.1) is 0 Å². The SMILES string of the molecule is O=C(CN1CCN(C(=O)CN2CCC[C@@H]2c2ccc3c(c2)OCCO3)CC1)N1CCOCC1. The first kappa shape index (κ1) is 22.4. The lowest BCUT2D eigenvalue weighted by molar-refractivity contribution is -0.138. The van der Waals surface area contributed by atoms with Gasteiger partial charge in [-0.2, -0.15) is 0 Å². The second kappa shape index (κ2) is 10.3. The molecular weight excluding hydrogens is 424 g/mol. The number of carbonyl (C=O) groups excluding carboxylic acids is 2. The van der Waals surface area contributed by atoms with E-state index < -0.39 is 0 Å². The van der Waals surface area contributed by atoms with Crippen LogP contribution in [0.2, 0.25) is 0 Å². The minimum atomic E-state index is 0.164. The van der Waals surface area contributed by atoms with Gasteiger partial charge in [0.05, 0.1) is 26.3 Å². The molecule has 9 nitrogen and oxygen atoms in total. The number of likely N-dealkylation sites (tertiary alicyclic amines) is 1. The van der Waals surface area contributed by atoms with Crippen molar-refractivity contribution >= 4 is 11.8 Å². The maximum Gasteiger partial charge on any atom is 0.236 e. The zero-order valence-corrected chi connectivity index (χ0v) is 19.2. The predicted octanol–water partition coefficient (Wildman–Crippen LogP) is 0.598. The molecule has 1 atom stereocenters. The van der Waals surface area contributed by atoms with Crippen LogP contribution in [0.5, 0.6) is 11.5 Å². The van der Waals surface area contributed by atoms with Gasteiger partial charge in [0.2, 0.25) is 11.8 Å². The highest BCUT2D eigenvalue weighted by Crippen LogP contribution is 2.38. The van der Waals surface area contributed by atoms with Crippen LogP contribution >= 0.6 is 0 Å². The van der Waals surface area contributed by atoms with Gasteiger partial charge in [-0.15, -0.1) is 0 Å². The lowest BCUT2D eigenvalue weighted by Crippen LogP contribution is -2.54. The van der Waals surface area contributed by atoms with E-state index in [1.165, 1.54) is 5.56 Å². The van der Waals surface area contributed by atoms with E-state index in [1.807, 2.05) is 15.9 Å². The summed E-state index contributed by atoms with van der Waals surface area (Å²) in [6.07, 6.45) is 2.13. The van der Waals surface area contributed by atoms with E-state index in [4.69, 9.17) is 14.2 Å². The Hall–Kier alpha value is -2.36. The number of piperazine rings is 1. The van der Waals surface area contributed by atoms with E-state index in [-0.39, 0.29) is 17.9 Å². The van der Waals surface area contributed by atoms with Crippen LogP contribution in [-0.2, 0) is 14.3 Å². The molecule has 180 valence electrons. The van der Waals surface area contributed by atoms with E-state index in [9.17, 15) is 9.59 Å². The average Bonchev–Trinajstić information content (AvgIpc) is 3.32. The third-order valence-electron chi connectivity index (χ3n) is 7.10. The molecule has 0 spiro atoms. The van der Waals surface area contributed by atoms with Gasteiger partial charge in [-0.05, 0) is 37.1 Å². The molecule has 0 N–H and O–H groups in total. The topological polar surface area (TPSA) is 74.8 Å². The Morgan fingerprint density at radius 1 is 0.788 bits per heavy atom. The summed E-state index contributed by atoms with van der Waals surface area (Å²) in [5.41, 5.74) is 1.19. The normalized spacial score (nSPS) is 24.2. The first-order valence-corrected chi connectivity index (χ1v) is 12.2. The second-order valence-electron chi connectivity index (χ2n) is 9.18. The predicted molar refractivity (Wildman–Crippen MR) is 121 cm³/mol. The lowest BCUT2D eigenvalue weighted by atomic mass is 10.0. The Kier molecular flexibility index (Phi) is 6.99. The van der Waals surface area contributed by atoms with E-state index in [0.717, 1.165) is 44.0 Å². The number of fused-ring (bicyclic) bond motifs is 1. The van der Waals surface area contributed by atoms with Gasteiger partial charge in [-0.1, -0.05) is 6.07 Å². The molecule has 33 heavy (non-hydrogen) atoms. The lowest BCUT2D eigenvalue weighted by Gasteiger charge is -2.37. The smallest absolute Gasteiger partial charge is 0.236 e. The molecule has 2 amide bonds. The Bertz CT molecular complexity index is 851. The van der Waals surface area contributed by atoms with Crippen molar-refractivity contribution in [2.24, 2.45) is 0 Å². The molecule has 0 bridgehead atoms. The standard InChI is InChI=1S/C24H34N4O5/c29-23(27-10-12-31-13-11-27)17-25-6-8-26(9-7-25)24(30)18-28-5-1-2-20(28)19-3-4-21-22(16-19)33-15-14-32-21/h3-4,16,20H,1-2,5-15,17-18H2/t20-/m1/s1. The van der Waals surface area contributed by atoms with Crippen molar-refractivity contribution in [1.29, 1.82) is 0 Å². The van der Waals surface area contributed by atoms with Gasteiger partial charge < -0.3 is 24.0 Å². The monoisotopic (exact) mass is 458 g/mol. The molecule has 0 radical (unpaired) electrons. The summed E-state index contributed by atoms with van der Waals surface area (Å²) < 4.78 is 16.7. The number of ether oxygens (including phenoxy) is 3. The summed E-state index contributed by atoms with van der Waals surface area (Å²) in [5, 5.41) is 0. The van der Waals surface area contributed by atoms with Crippen molar-refractivity contribution in [3.05, 3.63) is 23.8 Å². The van der Waals surface area contributed by atoms with Gasteiger partial charge in [-0.25, -0.2) is 0 Å². The van der Waals surface area contributed by atoms with Crippen molar-refractivity contribution in [1.82, 2.24) is 19.6 Å².